The van der Waals surface area contributed by atoms with Crippen LogP contribution in [0.15, 0.2) is 0 Å². The molecule has 0 bridgehead atoms. The van der Waals surface area contributed by atoms with Gasteiger partial charge in [-0.1, -0.05) is 6.42 Å². The fourth-order valence-corrected chi connectivity index (χ4v) is 2.39. The van der Waals surface area contributed by atoms with Gasteiger partial charge in [-0.05, 0) is 19.4 Å². The Morgan fingerprint density at radius 2 is 1.30 bits per heavy atom. The Hall–Kier alpha value is -1.79. The molecule has 0 aromatic carbocycles. The molecule has 0 spiro atoms. The normalized spacial score (nSPS) is 10.8. The Bertz CT molecular complexity index is 438. The molecule has 3 amide bonds. The number of amides is 3. The average molecular weight is 435 g/mol. The number of nitrogens with two attached hydrogens (primary N) is 1. The number of aliphatic hydroxyl groups is 2. The van der Waals surface area contributed by atoms with Crippen LogP contribution in [0.1, 0.15) is 38.5 Å². The largest absolute Gasteiger partial charge is 0.395 e. The molecule has 0 fully saturated rings. The van der Waals surface area contributed by atoms with Gasteiger partial charge in [0.1, 0.15) is 0 Å². The Kier molecular flexibility index (Phi) is 19.3. The molecule has 11 nitrogen and oxygen atoms in total. The van der Waals surface area contributed by atoms with Crippen LogP contribution in [0.3, 0.4) is 0 Å². The molecular weight excluding hydrogens is 396 g/mol. The van der Waals surface area contributed by atoms with E-state index < -0.39 is 6.04 Å². The predicted octanol–water partition coefficient (Wildman–Crippen LogP) is -1.98. The molecule has 0 saturated carbocycles. The molecule has 11 heteroatoms. The van der Waals surface area contributed by atoms with Crippen LogP contribution in [0, 0.1) is 0 Å². The first-order valence-corrected chi connectivity index (χ1v) is 10.4. The van der Waals surface area contributed by atoms with Crippen LogP contribution >= 0.6 is 0 Å². The van der Waals surface area contributed by atoms with Gasteiger partial charge < -0.3 is 41.4 Å². The van der Waals surface area contributed by atoms with Crippen LogP contribution < -0.4 is 21.7 Å². The van der Waals surface area contributed by atoms with E-state index in [-0.39, 0.29) is 83.3 Å². The van der Waals surface area contributed by atoms with Gasteiger partial charge in [-0.2, -0.15) is 0 Å². The number of hydrogen-bond acceptors (Lipinski definition) is 8. The molecular formula is C19H38N4O7. The lowest BCUT2D eigenvalue weighted by Gasteiger charge is -2.19. The third kappa shape index (κ3) is 18.3. The Labute approximate surface area is 178 Å². The minimum absolute atomic E-state index is 0.120. The Morgan fingerprint density at radius 3 is 1.77 bits per heavy atom. The maximum atomic E-state index is 12.1. The summed E-state index contributed by atoms with van der Waals surface area (Å²) in [7, 11) is 0. The summed E-state index contributed by atoms with van der Waals surface area (Å²) in [5.74, 6) is -0.574. The molecule has 0 saturated heterocycles. The van der Waals surface area contributed by atoms with Crippen molar-refractivity contribution in [1.29, 1.82) is 0 Å². The lowest BCUT2D eigenvalue weighted by atomic mass is 10.2. The summed E-state index contributed by atoms with van der Waals surface area (Å²) in [5, 5.41) is 25.3. The summed E-state index contributed by atoms with van der Waals surface area (Å²) in [6.07, 6.45) is 3.17. The van der Waals surface area contributed by atoms with Crippen molar-refractivity contribution in [2.24, 2.45) is 5.73 Å². The van der Waals surface area contributed by atoms with Crippen molar-refractivity contribution in [3.05, 3.63) is 0 Å². The van der Waals surface area contributed by atoms with Gasteiger partial charge in [-0.15, -0.1) is 0 Å². The first kappa shape index (κ1) is 28.2. The van der Waals surface area contributed by atoms with Crippen LogP contribution in [0.2, 0.25) is 0 Å². The zero-order chi connectivity index (χ0) is 22.5. The van der Waals surface area contributed by atoms with E-state index in [9.17, 15) is 14.4 Å². The summed E-state index contributed by atoms with van der Waals surface area (Å²) in [5.41, 5.74) is 5.44. The maximum absolute atomic E-state index is 12.1. The van der Waals surface area contributed by atoms with Gasteiger partial charge in [0.2, 0.25) is 17.7 Å². The average Bonchev–Trinajstić information content (AvgIpc) is 2.73. The quantitative estimate of drug-likeness (QED) is 0.120. The van der Waals surface area contributed by atoms with E-state index in [4.69, 9.17) is 25.4 Å². The van der Waals surface area contributed by atoms with E-state index in [0.717, 1.165) is 19.3 Å². The standard InChI is InChI=1S/C19H38N4O7/c20-7-3-1-2-4-19(28)23-16(14-29-12-5-17(26)21-8-10-24)15-30-13-6-18(27)22-9-11-25/h16,24-25H,1-15,20H2,(H,21,26)(H,22,27)(H,23,28). The number of ether oxygens (including phenoxy) is 2. The van der Waals surface area contributed by atoms with E-state index in [1.54, 1.807) is 0 Å². The van der Waals surface area contributed by atoms with E-state index in [2.05, 4.69) is 16.0 Å². The number of hydrogen-bond donors (Lipinski definition) is 6. The third-order valence-electron chi connectivity index (χ3n) is 3.93. The van der Waals surface area contributed by atoms with Gasteiger partial charge >= 0.3 is 0 Å². The molecule has 7 N–H and O–H groups in total. The zero-order valence-electron chi connectivity index (χ0n) is 17.7. The summed E-state index contributed by atoms with van der Waals surface area (Å²) in [6, 6.07) is -0.409. The summed E-state index contributed by atoms with van der Waals surface area (Å²) >= 11 is 0. The third-order valence-corrected chi connectivity index (χ3v) is 3.93. The van der Waals surface area contributed by atoms with Crippen molar-refractivity contribution in [1.82, 2.24) is 16.0 Å². The molecule has 0 unspecified atom stereocenters. The SMILES string of the molecule is NCCCCCC(=O)NC(COCCC(=O)NCCO)COCCC(=O)NCCO. The lowest BCUT2D eigenvalue weighted by Crippen LogP contribution is -2.42. The van der Waals surface area contributed by atoms with Crippen LogP contribution in [0.25, 0.3) is 0 Å². The van der Waals surface area contributed by atoms with Crippen LogP contribution in [0.4, 0.5) is 0 Å². The molecule has 0 aliphatic rings. The van der Waals surface area contributed by atoms with Crippen molar-refractivity contribution in [3.8, 4) is 0 Å². The van der Waals surface area contributed by atoms with Gasteiger partial charge in [-0.25, -0.2) is 0 Å². The molecule has 0 rings (SSSR count). The van der Waals surface area contributed by atoms with Crippen LogP contribution in [-0.2, 0) is 23.9 Å². The van der Waals surface area contributed by atoms with Gasteiger partial charge in [0.05, 0.1) is 45.7 Å². The van der Waals surface area contributed by atoms with Gasteiger partial charge in [-0.3, -0.25) is 14.4 Å². The number of aliphatic hydroxyl groups excluding tert-OH is 2. The Morgan fingerprint density at radius 1 is 0.767 bits per heavy atom. The summed E-state index contributed by atoms with van der Waals surface area (Å²) in [6.45, 7) is 1.42. The second-order valence-electron chi connectivity index (χ2n) is 6.66. The number of unbranched alkanes of at least 4 members (excludes halogenated alkanes) is 2. The second-order valence-corrected chi connectivity index (χ2v) is 6.66. The summed E-state index contributed by atoms with van der Waals surface area (Å²) in [4.78, 5) is 35.1. The first-order valence-electron chi connectivity index (χ1n) is 10.4. The van der Waals surface area contributed by atoms with Crippen molar-refractivity contribution in [2.75, 3.05) is 59.3 Å². The van der Waals surface area contributed by atoms with Crippen molar-refractivity contribution in [2.45, 2.75) is 44.6 Å². The fraction of sp³-hybridized carbons (Fsp3) is 0.842. The first-order chi connectivity index (χ1) is 14.5. The van der Waals surface area contributed by atoms with Crippen molar-refractivity contribution in [3.63, 3.8) is 0 Å². The molecule has 0 aromatic heterocycles. The van der Waals surface area contributed by atoms with Crippen LogP contribution in [0.5, 0.6) is 0 Å². The summed E-state index contributed by atoms with van der Waals surface area (Å²) < 4.78 is 11.0. The highest BCUT2D eigenvalue weighted by molar-refractivity contribution is 5.76. The topological polar surface area (TPSA) is 172 Å². The molecule has 0 aromatic rings. The van der Waals surface area contributed by atoms with E-state index >= 15 is 0 Å². The number of rotatable bonds is 20. The minimum Gasteiger partial charge on any atom is -0.395 e. The van der Waals surface area contributed by atoms with E-state index in [1.165, 1.54) is 0 Å². The van der Waals surface area contributed by atoms with Gasteiger partial charge in [0.25, 0.3) is 0 Å². The van der Waals surface area contributed by atoms with Crippen molar-refractivity contribution < 1.29 is 34.1 Å². The highest BCUT2D eigenvalue weighted by Crippen LogP contribution is 2.00. The molecule has 0 aliphatic heterocycles. The Balaban J connectivity index is 4.24. The number of carbonyl (C=O) groups excluding carboxylic acids is 3. The van der Waals surface area contributed by atoms with E-state index in [0.29, 0.717) is 13.0 Å². The van der Waals surface area contributed by atoms with E-state index in [1.807, 2.05) is 0 Å². The molecule has 0 atom stereocenters. The van der Waals surface area contributed by atoms with Crippen LogP contribution in [-0.4, -0.2) is 93.3 Å². The zero-order valence-corrected chi connectivity index (χ0v) is 17.7. The number of carbonyl (C=O) groups is 3. The van der Waals surface area contributed by atoms with Crippen molar-refractivity contribution >= 4 is 17.7 Å². The number of nitrogens with one attached hydrogen (secondary N) is 3. The maximum Gasteiger partial charge on any atom is 0.222 e. The van der Waals surface area contributed by atoms with Gasteiger partial charge in [0, 0.05) is 32.4 Å². The highest BCUT2D eigenvalue weighted by Gasteiger charge is 2.14. The van der Waals surface area contributed by atoms with Gasteiger partial charge in [0.15, 0.2) is 0 Å². The monoisotopic (exact) mass is 434 g/mol. The second kappa shape index (κ2) is 20.5. The fourth-order valence-electron chi connectivity index (χ4n) is 2.39. The predicted molar refractivity (Wildman–Crippen MR) is 111 cm³/mol. The lowest BCUT2D eigenvalue weighted by molar-refractivity contribution is -0.125. The smallest absolute Gasteiger partial charge is 0.222 e. The molecule has 176 valence electrons. The molecule has 0 aliphatic carbocycles. The highest BCUT2D eigenvalue weighted by atomic mass is 16.5. The molecule has 0 heterocycles. The minimum atomic E-state index is -0.409. The molecule has 0 radical (unpaired) electrons. The molecule has 30 heavy (non-hydrogen) atoms.